The first-order valence-corrected chi connectivity index (χ1v) is 5.88. The minimum absolute atomic E-state index is 0. The molecule has 0 bridgehead atoms. The summed E-state index contributed by atoms with van der Waals surface area (Å²) in [4.78, 5) is 0. The van der Waals surface area contributed by atoms with Crippen molar-refractivity contribution in [1.29, 1.82) is 0 Å². The van der Waals surface area contributed by atoms with Gasteiger partial charge in [-0.1, -0.05) is 32.0 Å². The zero-order chi connectivity index (χ0) is 11.0. The molecular weight excluding hydrogens is 225 g/mol. The van der Waals surface area contributed by atoms with Crippen molar-refractivity contribution in [3.63, 3.8) is 0 Å². The van der Waals surface area contributed by atoms with Gasteiger partial charge in [0.2, 0.25) is 0 Å². The maximum absolute atomic E-state index is 10.2. The molecule has 0 aliphatic rings. The molecule has 0 saturated carbocycles. The van der Waals surface area contributed by atoms with Gasteiger partial charge in [0.1, 0.15) is 16.0 Å². The number of hydrogen-bond donors (Lipinski definition) is 1. The van der Waals surface area contributed by atoms with E-state index in [1.807, 2.05) is 13.8 Å². The first kappa shape index (κ1) is 17.3. The quantitative estimate of drug-likeness (QED) is 0.522. The summed E-state index contributed by atoms with van der Waals surface area (Å²) in [5.74, 6) is -0.572. The molecule has 1 N–H and O–H groups in total. The van der Waals surface area contributed by atoms with Crippen LogP contribution < -0.4 is 34.9 Å². The molecule has 0 aliphatic carbocycles. The molecule has 4 nitrogen and oxygen atoms in total. The number of para-hydroxylation sites is 1. The van der Waals surface area contributed by atoms with Crippen molar-refractivity contribution in [1.82, 2.24) is 0 Å². The normalized spacial score (nSPS) is 9.27. The molecule has 0 atom stereocenters. The van der Waals surface area contributed by atoms with Crippen molar-refractivity contribution in [3.05, 3.63) is 30.3 Å². The van der Waals surface area contributed by atoms with Crippen molar-refractivity contribution < 1.29 is 42.5 Å². The Morgan fingerprint density at radius 2 is 1.67 bits per heavy atom. The number of rotatable bonds is 3. The number of anilines is 1. The molecule has 0 saturated heterocycles. The molecule has 0 unspecified atom stereocenters. The SMILES string of the molecule is CC.O=S(=O)([O-])CNc1ccccc1.[Na+]. The molecule has 1 rings (SSSR count). The smallest absolute Gasteiger partial charge is 0.747 e. The summed E-state index contributed by atoms with van der Waals surface area (Å²) in [6.45, 7) is 4.00. The largest absolute Gasteiger partial charge is 1.00 e. The average molecular weight is 239 g/mol. The van der Waals surface area contributed by atoms with Crippen molar-refractivity contribution in [2.75, 3.05) is 11.2 Å². The van der Waals surface area contributed by atoms with Crippen LogP contribution in [-0.4, -0.2) is 18.8 Å². The summed E-state index contributed by atoms with van der Waals surface area (Å²) >= 11 is 0. The third kappa shape index (κ3) is 10.2. The van der Waals surface area contributed by atoms with Gasteiger partial charge in [-0.2, -0.15) is 0 Å². The van der Waals surface area contributed by atoms with Crippen LogP contribution in [0, 0.1) is 0 Å². The minimum Gasteiger partial charge on any atom is -0.747 e. The average Bonchev–Trinajstić information content (AvgIpc) is 2.19. The topological polar surface area (TPSA) is 69.2 Å². The van der Waals surface area contributed by atoms with E-state index in [4.69, 9.17) is 0 Å². The Balaban J connectivity index is 0. The van der Waals surface area contributed by atoms with E-state index < -0.39 is 16.0 Å². The Morgan fingerprint density at radius 1 is 1.20 bits per heavy atom. The molecule has 1 aromatic carbocycles. The van der Waals surface area contributed by atoms with Crippen molar-refractivity contribution >= 4 is 15.8 Å². The molecule has 0 heterocycles. The zero-order valence-corrected chi connectivity index (χ0v) is 12.0. The summed E-state index contributed by atoms with van der Waals surface area (Å²) in [7, 11) is -4.18. The van der Waals surface area contributed by atoms with Crippen LogP contribution in [0.1, 0.15) is 13.8 Å². The molecular formula is C9H14NNaO3S. The van der Waals surface area contributed by atoms with Gasteiger partial charge in [0.15, 0.2) is 0 Å². The van der Waals surface area contributed by atoms with Gasteiger partial charge in [0, 0.05) is 5.69 Å². The van der Waals surface area contributed by atoms with E-state index >= 15 is 0 Å². The van der Waals surface area contributed by atoms with Gasteiger partial charge in [-0.15, -0.1) is 0 Å². The van der Waals surface area contributed by atoms with Crippen LogP contribution in [0.5, 0.6) is 0 Å². The molecule has 80 valence electrons. The van der Waals surface area contributed by atoms with E-state index in [9.17, 15) is 13.0 Å². The summed E-state index contributed by atoms with van der Waals surface area (Å²) in [6, 6.07) is 8.67. The van der Waals surface area contributed by atoms with Gasteiger partial charge in [-0.3, -0.25) is 0 Å². The Kier molecular flexibility index (Phi) is 10.6. The first-order chi connectivity index (χ1) is 6.58. The van der Waals surface area contributed by atoms with Crippen LogP contribution in [0.3, 0.4) is 0 Å². The van der Waals surface area contributed by atoms with E-state index in [0.717, 1.165) is 0 Å². The fourth-order valence-electron chi connectivity index (χ4n) is 0.728. The van der Waals surface area contributed by atoms with Crippen molar-refractivity contribution in [2.45, 2.75) is 13.8 Å². The van der Waals surface area contributed by atoms with Gasteiger partial charge >= 0.3 is 29.6 Å². The number of benzene rings is 1. The van der Waals surface area contributed by atoms with Gasteiger partial charge in [-0.25, -0.2) is 8.42 Å². The molecule has 0 spiro atoms. The van der Waals surface area contributed by atoms with E-state index in [1.165, 1.54) is 0 Å². The Hall–Kier alpha value is -0.0700. The minimum atomic E-state index is -4.18. The van der Waals surface area contributed by atoms with Crippen molar-refractivity contribution in [3.8, 4) is 0 Å². The van der Waals surface area contributed by atoms with E-state index in [1.54, 1.807) is 30.3 Å². The predicted octanol–water partition coefficient (Wildman–Crippen LogP) is -1.37. The summed E-state index contributed by atoms with van der Waals surface area (Å²) in [5, 5.41) is 2.48. The molecule has 0 amide bonds. The number of nitrogens with one attached hydrogen (secondary N) is 1. The second kappa shape index (κ2) is 9.18. The monoisotopic (exact) mass is 239 g/mol. The third-order valence-electron chi connectivity index (χ3n) is 1.23. The summed E-state index contributed by atoms with van der Waals surface area (Å²) in [5.41, 5.74) is 0.622. The van der Waals surface area contributed by atoms with E-state index in [2.05, 4.69) is 5.32 Å². The van der Waals surface area contributed by atoms with Crippen LogP contribution in [0.25, 0.3) is 0 Å². The standard InChI is InChI=1S/C7H9NO3S.C2H6.Na/c9-12(10,11)6-8-7-4-2-1-3-5-7;1-2;/h1-5,8H,6H2,(H,9,10,11);1-2H3;/q;;+1/p-1. The van der Waals surface area contributed by atoms with Crippen LogP contribution in [0.2, 0.25) is 0 Å². The summed E-state index contributed by atoms with van der Waals surface area (Å²) < 4.78 is 30.6. The molecule has 0 fully saturated rings. The second-order valence-electron chi connectivity index (χ2n) is 2.24. The van der Waals surface area contributed by atoms with Crippen LogP contribution in [0.15, 0.2) is 30.3 Å². The number of hydrogen-bond acceptors (Lipinski definition) is 4. The predicted molar refractivity (Wildman–Crippen MR) is 56.0 cm³/mol. The third-order valence-corrected chi connectivity index (χ3v) is 1.72. The first-order valence-electron chi connectivity index (χ1n) is 4.30. The van der Waals surface area contributed by atoms with Gasteiger partial charge in [-0.05, 0) is 12.1 Å². The Bertz CT molecular complexity index is 340. The zero-order valence-electron chi connectivity index (χ0n) is 9.23. The maximum atomic E-state index is 10.2. The molecule has 6 heteroatoms. The van der Waals surface area contributed by atoms with Crippen molar-refractivity contribution in [2.24, 2.45) is 0 Å². The molecule has 0 aromatic heterocycles. The van der Waals surface area contributed by atoms with Gasteiger partial charge in [0.05, 0.1) is 0 Å². The van der Waals surface area contributed by atoms with E-state index in [0.29, 0.717) is 5.69 Å². The van der Waals surface area contributed by atoms with Gasteiger partial charge < -0.3 is 9.87 Å². The van der Waals surface area contributed by atoms with Crippen LogP contribution in [-0.2, 0) is 10.1 Å². The van der Waals surface area contributed by atoms with Crippen LogP contribution in [0.4, 0.5) is 5.69 Å². The molecule has 1 aromatic rings. The second-order valence-corrected chi connectivity index (χ2v) is 3.65. The fourth-order valence-corrected chi connectivity index (χ4v) is 1.07. The van der Waals surface area contributed by atoms with E-state index in [-0.39, 0.29) is 29.6 Å². The fraction of sp³-hybridized carbons (Fsp3) is 0.333. The van der Waals surface area contributed by atoms with Gasteiger partial charge in [0.25, 0.3) is 0 Å². The Labute approximate surface area is 113 Å². The molecule has 15 heavy (non-hydrogen) atoms. The molecule has 0 aliphatic heterocycles. The molecule has 0 radical (unpaired) electrons. The summed E-state index contributed by atoms with van der Waals surface area (Å²) in [6.07, 6.45) is 0. The van der Waals surface area contributed by atoms with Crippen LogP contribution >= 0.6 is 0 Å². The maximum Gasteiger partial charge on any atom is 1.00 e. The Morgan fingerprint density at radius 3 is 2.07 bits per heavy atom.